The van der Waals surface area contributed by atoms with Crippen LogP contribution in [-0.2, 0) is 9.31 Å². The van der Waals surface area contributed by atoms with Crippen LogP contribution in [0.25, 0.3) is 0 Å². The summed E-state index contributed by atoms with van der Waals surface area (Å²) in [6.07, 6.45) is 5.42. The van der Waals surface area contributed by atoms with Crippen molar-refractivity contribution in [2.24, 2.45) is 0 Å². The van der Waals surface area contributed by atoms with E-state index in [1.165, 1.54) is 0 Å². The molecule has 16 heavy (non-hydrogen) atoms. The molecule has 1 fully saturated rings. The minimum atomic E-state index is -0.223. The lowest BCUT2D eigenvalue weighted by molar-refractivity contribution is 0.00578. The van der Waals surface area contributed by atoms with E-state index >= 15 is 0 Å². The molecule has 0 aliphatic carbocycles. The lowest BCUT2D eigenvalue weighted by Gasteiger charge is -2.32. The molecule has 0 aromatic heterocycles. The molecule has 2 heterocycles. The highest BCUT2D eigenvalue weighted by Crippen LogP contribution is 2.38. The van der Waals surface area contributed by atoms with Crippen LogP contribution >= 0.6 is 0 Å². The Balaban J connectivity index is 2.11. The summed E-state index contributed by atoms with van der Waals surface area (Å²) in [5.41, 5.74) is -0.445. The van der Waals surface area contributed by atoms with Crippen LogP contribution in [0.4, 0.5) is 0 Å². The Kier molecular flexibility index (Phi) is 2.93. The third kappa shape index (κ3) is 1.94. The first-order valence-electron chi connectivity index (χ1n) is 6.04. The van der Waals surface area contributed by atoms with Crippen LogP contribution in [0.3, 0.4) is 0 Å². The third-order valence-corrected chi connectivity index (χ3v) is 4.09. The first kappa shape index (κ1) is 12.2. The molecule has 2 aliphatic heterocycles. The minimum absolute atomic E-state index is 0.111. The Morgan fingerprint density at radius 1 is 1.12 bits per heavy atom. The van der Waals surface area contributed by atoms with E-state index < -0.39 is 0 Å². The molecule has 1 unspecified atom stereocenters. The van der Waals surface area contributed by atoms with Crippen LogP contribution in [0.5, 0.6) is 0 Å². The fourth-order valence-electron chi connectivity index (χ4n) is 2.16. The lowest BCUT2D eigenvalue weighted by atomic mass is 9.74. The Labute approximate surface area is 98.9 Å². The largest absolute Gasteiger partial charge is 0.476 e. The van der Waals surface area contributed by atoms with Gasteiger partial charge in [-0.25, -0.2) is 0 Å². The molecule has 0 N–H and O–H groups in total. The van der Waals surface area contributed by atoms with E-state index in [4.69, 9.17) is 9.31 Å². The van der Waals surface area contributed by atoms with Crippen LogP contribution in [0, 0.1) is 0 Å². The van der Waals surface area contributed by atoms with Gasteiger partial charge in [0.15, 0.2) is 0 Å². The molecule has 0 aromatic rings. The second-order valence-corrected chi connectivity index (χ2v) is 5.84. The highest BCUT2D eigenvalue weighted by molar-refractivity contribution is 6.47. The Hall–Kier alpha value is -0.315. The molecule has 2 rings (SSSR count). The van der Waals surface area contributed by atoms with E-state index in [-0.39, 0.29) is 18.3 Å². The van der Waals surface area contributed by atoms with E-state index in [1.54, 1.807) is 0 Å². The maximum absolute atomic E-state index is 6.08. The standard InChI is InChI=1S/C12H22BNO2/c1-11(2)12(3,4)16-13(15-11)10-8-6-7-9-14(10)5/h6-7,10H,8-9H2,1-5H3. The highest BCUT2D eigenvalue weighted by Gasteiger charge is 2.54. The Morgan fingerprint density at radius 3 is 2.19 bits per heavy atom. The van der Waals surface area contributed by atoms with E-state index in [0.717, 1.165) is 13.0 Å². The SMILES string of the molecule is CN1CC=CCC1B1OC(C)(C)C(C)(C)O1. The molecule has 2 aliphatic rings. The molecule has 0 saturated carbocycles. The van der Waals surface area contributed by atoms with Crippen LogP contribution in [0.15, 0.2) is 12.2 Å². The van der Waals surface area contributed by atoms with E-state index in [2.05, 4.69) is 51.8 Å². The number of nitrogens with zero attached hydrogens (tertiary/aromatic N) is 1. The summed E-state index contributed by atoms with van der Waals surface area (Å²) in [4.78, 5) is 2.29. The molecule has 1 atom stereocenters. The molecule has 4 heteroatoms. The summed E-state index contributed by atoms with van der Waals surface area (Å²) >= 11 is 0. The van der Waals surface area contributed by atoms with Crippen LogP contribution in [-0.4, -0.2) is 42.8 Å². The summed E-state index contributed by atoms with van der Waals surface area (Å²) in [5.74, 6) is 0.339. The van der Waals surface area contributed by atoms with Gasteiger partial charge < -0.3 is 14.2 Å². The van der Waals surface area contributed by atoms with Crippen molar-refractivity contribution in [1.29, 1.82) is 0 Å². The fraction of sp³-hybridized carbons (Fsp3) is 0.833. The van der Waals surface area contributed by atoms with Gasteiger partial charge in [-0.15, -0.1) is 0 Å². The van der Waals surface area contributed by atoms with Gasteiger partial charge in [0.2, 0.25) is 0 Å². The van der Waals surface area contributed by atoms with Crippen molar-refractivity contribution in [3.8, 4) is 0 Å². The van der Waals surface area contributed by atoms with E-state index in [0.29, 0.717) is 5.94 Å². The number of rotatable bonds is 1. The van der Waals surface area contributed by atoms with Crippen molar-refractivity contribution in [3.63, 3.8) is 0 Å². The molecule has 0 amide bonds. The van der Waals surface area contributed by atoms with Gasteiger partial charge in [-0.05, 0) is 41.2 Å². The van der Waals surface area contributed by atoms with E-state index in [1.807, 2.05) is 0 Å². The lowest BCUT2D eigenvalue weighted by Crippen LogP contribution is -2.47. The van der Waals surface area contributed by atoms with Crippen molar-refractivity contribution >= 4 is 7.12 Å². The first-order valence-corrected chi connectivity index (χ1v) is 6.04. The fourth-order valence-corrected chi connectivity index (χ4v) is 2.16. The van der Waals surface area contributed by atoms with Crippen LogP contribution in [0.1, 0.15) is 34.1 Å². The average molecular weight is 223 g/mol. The van der Waals surface area contributed by atoms with Crippen molar-refractivity contribution in [2.75, 3.05) is 13.6 Å². The predicted octanol–water partition coefficient (Wildman–Crippen LogP) is 1.88. The normalized spacial score (nSPS) is 33.3. The van der Waals surface area contributed by atoms with Crippen molar-refractivity contribution in [2.45, 2.75) is 51.3 Å². The van der Waals surface area contributed by atoms with Gasteiger partial charge in [-0.3, -0.25) is 0 Å². The van der Waals surface area contributed by atoms with Gasteiger partial charge in [0.25, 0.3) is 0 Å². The van der Waals surface area contributed by atoms with Gasteiger partial charge in [-0.1, -0.05) is 12.2 Å². The smallest absolute Gasteiger partial charge is 0.402 e. The molecule has 3 nitrogen and oxygen atoms in total. The van der Waals surface area contributed by atoms with Crippen molar-refractivity contribution < 1.29 is 9.31 Å². The summed E-state index contributed by atoms with van der Waals surface area (Å²) < 4.78 is 12.2. The Bertz CT molecular complexity index is 285. The van der Waals surface area contributed by atoms with Gasteiger partial charge in [0.05, 0.1) is 11.2 Å². The maximum Gasteiger partial charge on any atom is 0.476 e. The number of likely N-dealkylation sites (N-methyl/N-ethyl adjacent to an activating group) is 1. The second kappa shape index (κ2) is 3.86. The average Bonchev–Trinajstić information content (AvgIpc) is 2.36. The van der Waals surface area contributed by atoms with Crippen LogP contribution < -0.4 is 0 Å². The minimum Gasteiger partial charge on any atom is -0.402 e. The quantitative estimate of drug-likeness (QED) is 0.500. The second-order valence-electron chi connectivity index (χ2n) is 5.84. The Morgan fingerprint density at radius 2 is 1.69 bits per heavy atom. The molecule has 1 saturated heterocycles. The van der Waals surface area contributed by atoms with Crippen LogP contribution in [0.2, 0.25) is 0 Å². The summed E-state index contributed by atoms with van der Waals surface area (Å²) in [7, 11) is 2.01. The molecular weight excluding hydrogens is 201 g/mol. The zero-order chi connectivity index (χ0) is 12.0. The monoisotopic (exact) mass is 223 g/mol. The van der Waals surface area contributed by atoms with Gasteiger partial charge in [-0.2, -0.15) is 0 Å². The summed E-state index contributed by atoms with van der Waals surface area (Å²) in [6.45, 7) is 9.39. The summed E-state index contributed by atoms with van der Waals surface area (Å²) in [6, 6.07) is 0. The molecule has 0 spiro atoms. The van der Waals surface area contributed by atoms with Crippen molar-refractivity contribution in [3.05, 3.63) is 12.2 Å². The molecular formula is C12H22BNO2. The maximum atomic E-state index is 6.08. The molecule has 0 radical (unpaired) electrons. The predicted molar refractivity (Wildman–Crippen MR) is 66.3 cm³/mol. The highest BCUT2D eigenvalue weighted by atomic mass is 16.7. The van der Waals surface area contributed by atoms with Gasteiger partial charge in [0, 0.05) is 12.5 Å². The third-order valence-electron chi connectivity index (χ3n) is 4.09. The van der Waals surface area contributed by atoms with E-state index in [9.17, 15) is 0 Å². The number of hydrogen-bond donors (Lipinski definition) is 0. The molecule has 90 valence electrons. The zero-order valence-electron chi connectivity index (χ0n) is 11.0. The molecule has 0 bridgehead atoms. The van der Waals surface area contributed by atoms with Gasteiger partial charge >= 0.3 is 7.12 Å². The number of hydrogen-bond acceptors (Lipinski definition) is 3. The first-order chi connectivity index (χ1) is 7.33. The van der Waals surface area contributed by atoms with Crippen molar-refractivity contribution in [1.82, 2.24) is 4.90 Å². The summed E-state index contributed by atoms with van der Waals surface area (Å²) in [5, 5.41) is 0. The zero-order valence-corrected chi connectivity index (χ0v) is 11.0. The topological polar surface area (TPSA) is 21.7 Å². The molecule has 0 aromatic carbocycles. The van der Waals surface area contributed by atoms with Gasteiger partial charge in [0.1, 0.15) is 0 Å².